The van der Waals surface area contributed by atoms with Crippen LogP contribution < -0.4 is 4.72 Å². The lowest BCUT2D eigenvalue weighted by Crippen LogP contribution is -2.56. The number of aliphatic carboxylic acids is 1. The SMILES string of the molecule is CCN(CC(=O)O)C1CC(NS(=O)(=O)C2CCOC2)C1. The Morgan fingerprint density at radius 3 is 2.65 bits per heavy atom. The summed E-state index contributed by atoms with van der Waals surface area (Å²) in [7, 11) is -3.31. The molecule has 1 unspecified atom stereocenters. The minimum absolute atomic E-state index is 0.0110. The van der Waals surface area contributed by atoms with Crippen molar-refractivity contribution in [3.05, 3.63) is 0 Å². The maximum absolute atomic E-state index is 12.1. The van der Waals surface area contributed by atoms with E-state index in [0.29, 0.717) is 32.4 Å². The lowest BCUT2D eigenvalue weighted by atomic mass is 9.86. The second-order valence-corrected chi connectivity index (χ2v) is 7.42. The van der Waals surface area contributed by atoms with Gasteiger partial charge in [-0.05, 0) is 25.8 Å². The maximum Gasteiger partial charge on any atom is 0.317 e. The normalized spacial score (nSPS) is 30.4. The van der Waals surface area contributed by atoms with Crippen molar-refractivity contribution in [3.8, 4) is 0 Å². The van der Waals surface area contributed by atoms with E-state index in [-0.39, 0.29) is 25.2 Å². The zero-order valence-corrected chi connectivity index (χ0v) is 12.4. The molecule has 0 aromatic carbocycles. The Kier molecular flexibility index (Phi) is 5.00. The van der Waals surface area contributed by atoms with E-state index in [1.54, 1.807) is 0 Å². The number of likely N-dealkylation sites (N-methyl/N-ethyl adjacent to an activating group) is 1. The fourth-order valence-electron chi connectivity index (χ4n) is 2.74. The minimum Gasteiger partial charge on any atom is -0.480 e. The highest BCUT2D eigenvalue weighted by atomic mass is 32.2. The molecule has 1 saturated heterocycles. The fourth-order valence-corrected chi connectivity index (χ4v) is 4.27. The second-order valence-electron chi connectivity index (χ2n) is 5.43. The van der Waals surface area contributed by atoms with E-state index in [1.165, 1.54) is 0 Å². The molecule has 7 nitrogen and oxygen atoms in total. The topological polar surface area (TPSA) is 95.9 Å². The van der Waals surface area contributed by atoms with Gasteiger partial charge in [-0.25, -0.2) is 13.1 Å². The molecule has 116 valence electrons. The Hall–Kier alpha value is -0.700. The van der Waals surface area contributed by atoms with Crippen molar-refractivity contribution in [2.75, 3.05) is 26.3 Å². The van der Waals surface area contributed by atoms with Gasteiger partial charge in [0.15, 0.2) is 0 Å². The van der Waals surface area contributed by atoms with Crippen LogP contribution in [-0.4, -0.2) is 68.0 Å². The predicted molar refractivity (Wildman–Crippen MR) is 73.0 cm³/mol. The summed E-state index contributed by atoms with van der Waals surface area (Å²) in [6.45, 7) is 3.35. The number of sulfonamides is 1. The van der Waals surface area contributed by atoms with Gasteiger partial charge in [-0.15, -0.1) is 0 Å². The summed E-state index contributed by atoms with van der Waals surface area (Å²) >= 11 is 0. The fraction of sp³-hybridized carbons (Fsp3) is 0.917. The summed E-state index contributed by atoms with van der Waals surface area (Å²) < 4.78 is 31.9. The molecule has 0 spiro atoms. The summed E-state index contributed by atoms with van der Waals surface area (Å²) in [5, 5.41) is 8.37. The van der Waals surface area contributed by atoms with Crippen LogP contribution >= 0.6 is 0 Å². The van der Waals surface area contributed by atoms with Gasteiger partial charge in [-0.2, -0.15) is 0 Å². The van der Waals surface area contributed by atoms with Gasteiger partial charge >= 0.3 is 5.97 Å². The molecule has 0 amide bonds. The van der Waals surface area contributed by atoms with Crippen LogP contribution in [0.1, 0.15) is 26.2 Å². The largest absolute Gasteiger partial charge is 0.480 e. The average molecular weight is 306 g/mol. The quantitative estimate of drug-likeness (QED) is 0.666. The van der Waals surface area contributed by atoms with E-state index in [0.717, 1.165) is 0 Å². The second kappa shape index (κ2) is 6.38. The van der Waals surface area contributed by atoms with Crippen molar-refractivity contribution in [2.45, 2.75) is 43.5 Å². The summed E-state index contributed by atoms with van der Waals surface area (Å²) in [5.74, 6) is -0.848. The number of nitrogens with zero attached hydrogens (tertiary/aromatic N) is 1. The molecule has 0 radical (unpaired) electrons. The first-order valence-electron chi connectivity index (χ1n) is 6.97. The highest BCUT2D eigenvalue weighted by Crippen LogP contribution is 2.27. The molecule has 0 aromatic heterocycles. The summed E-state index contributed by atoms with van der Waals surface area (Å²) in [5.41, 5.74) is 0. The molecular formula is C12H22N2O5S. The van der Waals surface area contributed by atoms with Gasteiger partial charge in [-0.3, -0.25) is 9.69 Å². The van der Waals surface area contributed by atoms with Crippen LogP contribution in [0.3, 0.4) is 0 Å². The van der Waals surface area contributed by atoms with Crippen LogP contribution in [0.2, 0.25) is 0 Å². The van der Waals surface area contributed by atoms with E-state index >= 15 is 0 Å². The van der Waals surface area contributed by atoms with Crippen molar-refractivity contribution in [3.63, 3.8) is 0 Å². The van der Waals surface area contributed by atoms with Gasteiger partial charge in [0.05, 0.1) is 13.2 Å². The first-order chi connectivity index (χ1) is 9.42. The highest BCUT2D eigenvalue weighted by molar-refractivity contribution is 7.90. The van der Waals surface area contributed by atoms with Crippen molar-refractivity contribution >= 4 is 16.0 Å². The van der Waals surface area contributed by atoms with E-state index in [1.807, 2.05) is 11.8 Å². The number of carboxylic acid groups (broad SMARTS) is 1. The van der Waals surface area contributed by atoms with E-state index < -0.39 is 21.2 Å². The zero-order valence-electron chi connectivity index (χ0n) is 11.6. The molecule has 0 bridgehead atoms. The number of carbonyl (C=O) groups is 1. The molecule has 1 atom stereocenters. The van der Waals surface area contributed by atoms with E-state index in [9.17, 15) is 13.2 Å². The Morgan fingerprint density at radius 1 is 1.45 bits per heavy atom. The average Bonchev–Trinajstić information content (AvgIpc) is 2.85. The lowest BCUT2D eigenvalue weighted by Gasteiger charge is -2.42. The summed E-state index contributed by atoms with van der Waals surface area (Å²) in [4.78, 5) is 12.6. The van der Waals surface area contributed by atoms with Gasteiger partial charge in [0.25, 0.3) is 0 Å². The highest BCUT2D eigenvalue weighted by Gasteiger charge is 2.38. The lowest BCUT2D eigenvalue weighted by molar-refractivity contribution is -0.139. The molecule has 2 aliphatic rings. The van der Waals surface area contributed by atoms with Crippen LogP contribution in [-0.2, 0) is 19.6 Å². The maximum atomic E-state index is 12.1. The molecule has 8 heteroatoms. The smallest absolute Gasteiger partial charge is 0.317 e. The summed E-state index contributed by atoms with van der Waals surface area (Å²) in [6, 6.07) is 0.0806. The third-order valence-electron chi connectivity index (χ3n) is 4.03. The molecule has 1 aliphatic heterocycles. The molecule has 1 aliphatic carbocycles. The number of hydrogen-bond donors (Lipinski definition) is 2. The van der Waals surface area contributed by atoms with Gasteiger partial charge in [0, 0.05) is 18.7 Å². The Morgan fingerprint density at radius 2 is 2.15 bits per heavy atom. The van der Waals surface area contributed by atoms with Crippen LogP contribution in [0.25, 0.3) is 0 Å². The molecule has 2 N–H and O–H groups in total. The number of ether oxygens (including phenoxy) is 1. The van der Waals surface area contributed by atoms with Crippen molar-refractivity contribution in [1.29, 1.82) is 0 Å². The van der Waals surface area contributed by atoms with Crippen LogP contribution in [0.4, 0.5) is 0 Å². The van der Waals surface area contributed by atoms with Gasteiger partial charge in [0.1, 0.15) is 5.25 Å². The van der Waals surface area contributed by atoms with Gasteiger partial charge in [0.2, 0.25) is 10.0 Å². The molecule has 2 rings (SSSR count). The monoisotopic (exact) mass is 306 g/mol. The van der Waals surface area contributed by atoms with Crippen molar-refractivity contribution in [1.82, 2.24) is 9.62 Å². The zero-order chi connectivity index (χ0) is 14.8. The number of rotatable bonds is 7. The molecule has 2 fully saturated rings. The molecule has 1 heterocycles. The third-order valence-corrected chi connectivity index (χ3v) is 5.94. The predicted octanol–water partition coefficient (Wildman–Crippen LogP) is -0.368. The van der Waals surface area contributed by atoms with Crippen molar-refractivity contribution in [2.24, 2.45) is 0 Å². The van der Waals surface area contributed by atoms with Crippen molar-refractivity contribution < 1.29 is 23.1 Å². The molecule has 20 heavy (non-hydrogen) atoms. The van der Waals surface area contributed by atoms with Gasteiger partial charge < -0.3 is 9.84 Å². The Balaban J connectivity index is 1.79. The number of hydrogen-bond acceptors (Lipinski definition) is 5. The minimum atomic E-state index is -3.31. The number of nitrogens with one attached hydrogen (secondary N) is 1. The molecule has 1 saturated carbocycles. The first kappa shape index (κ1) is 15.7. The van der Waals surface area contributed by atoms with Crippen LogP contribution in [0.5, 0.6) is 0 Å². The Bertz CT molecular complexity index is 441. The third kappa shape index (κ3) is 3.69. The standard InChI is InChI=1S/C12H22N2O5S/c1-2-14(7-12(15)16)10-5-9(6-10)13-20(17,18)11-3-4-19-8-11/h9-11,13H,2-8H2,1H3,(H,15,16). The van der Waals surface area contributed by atoms with Gasteiger partial charge in [-0.1, -0.05) is 6.92 Å². The van der Waals surface area contributed by atoms with E-state index in [4.69, 9.17) is 9.84 Å². The van der Waals surface area contributed by atoms with Crippen LogP contribution in [0.15, 0.2) is 0 Å². The van der Waals surface area contributed by atoms with Crippen LogP contribution in [0, 0.1) is 0 Å². The Labute approximate surface area is 119 Å². The molecule has 0 aromatic rings. The van der Waals surface area contributed by atoms with E-state index in [2.05, 4.69) is 4.72 Å². The first-order valence-corrected chi connectivity index (χ1v) is 8.51. The molecular weight excluding hydrogens is 284 g/mol. The summed E-state index contributed by atoms with van der Waals surface area (Å²) in [6.07, 6.45) is 1.90. The number of carboxylic acids is 1.